The van der Waals surface area contributed by atoms with Gasteiger partial charge < -0.3 is 14.8 Å². The van der Waals surface area contributed by atoms with Crippen LogP contribution in [0.1, 0.15) is 6.92 Å². The van der Waals surface area contributed by atoms with Crippen LogP contribution in [0.4, 0.5) is 11.4 Å². The minimum absolute atomic E-state index is 0.225. The van der Waals surface area contributed by atoms with Gasteiger partial charge in [-0.1, -0.05) is 23.2 Å². The van der Waals surface area contributed by atoms with Gasteiger partial charge in [0.1, 0.15) is 17.5 Å². The second-order valence-corrected chi connectivity index (χ2v) is 8.57. The lowest BCUT2D eigenvalue weighted by atomic mass is 10.2. The molecule has 0 aromatic heterocycles. The van der Waals surface area contributed by atoms with E-state index in [1.807, 2.05) is 0 Å². The number of halogens is 2. The van der Waals surface area contributed by atoms with Gasteiger partial charge in [0.05, 0.1) is 36.2 Å². The van der Waals surface area contributed by atoms with Crippen molar-refractivity contribution in [3.63, 3.8) is 0 Å². The van der Waals surface area contributed by atoms with Crippen LogP contribution in [0, 0.1) is 0 Å². The van der Waals surface area contributed by atoms with Crippen LogP contribution in [0.25, 0.3) is 0 Å². The summed E-state index contributed by atoms with van der Waals surface area (Å²) in [6.07, 6.45) is 1.01. The van der Waals surface area contributed by atoms with Crippen molar-refractivity contribution >= 4 is 50.5 Å². The average Bonchev–Trinajstić information content (AvgIpc) is 2.61. The predicted octanol–water partition coefficient (Wildman–Crippen LogP) is 3.80. The smallest absolute Gasteiger partial charge is 0.247 e. The molecule has 0 fully saturated rings. The molecule has 0 radical (unpaired) electrons. The van der Waals surface area contributed by atoms with Crippen LogP contribution in [0.3, 0.4) is 0 Å². The van der Waals surface area contributed by atoms with E-state index in [0.29, 0.717) is 22.2 Å². The quantitative estimate of drug-likeness (QED) is 0.698. The van der Waals surface area contributed by atoms with Gasteiger partial charge in [-0.25, -0.2) is 8.42 Å². The topological polar surface area (TPSA) is 84.9 Å². The summed E-state index contributed by atoms with van der Waals surface area (Å²) in [5.74, 6) is 0.306. The average molecular weight is 447 g/mol. The number of sulfonamides is 1. The lowest BCUT2D eigenvalue weighted by Crippen LogP contribution is -2.45. The molecule has 0 heterocycles. The number of benzene rings is 2. The first-order valence-electron chi connectivity index (χ1n) is 8.05. The third-order valence-corrected chi connectivity index (χ3v) is 5.73. The fourth-order valence-electron chi connectivity index (χ4n) is 2.59. The number of nitrogens with one attached hydrogen (secondary N) is 1. The van der Waals surface area contributed by atoms with E-state index in [-0.39, 0.29) is 10.7 Å². The number of rotatable bonds is 7. The number of carbonyl (C=O) groups is 1. The summed E-state index contributed by atoms with van der Waals surface area (Å²) in [4.78, 5) is 12.7. The Morgan fingerprint density at radius 2 is 1.57 bits per heavy atom. The molecule has 0 saturated heterocycles. The van der Waals surface area contributed by atoms with E-state index in [0.717, 1.165) is 10.6 Å². The van der Waals surface area contributed by atoms with Crippen molar-refractivity contribution in [2.45, 2.75) is 13.0 Å². The summed E-state index contributed by atoms with van der Waals surface area (Å²) in [6.45, 7) is 1.47. The Morgan fingerprint density at radius 1 is 1.04 bits per heavy atom. The van der Waals surface area contributed by atoms with Crippen LogP contribution in [-0.2, 0) is 14.8 Å². The van der Waals surface area contributed by atoms with Gasteiger partial charge in [-0.15, -0.1) is 0 Å². The van der Waals surface area contributed by atoms with Crippen LogP contribution in [-0.4, -0.2) is 40.8 Å². The van der Waals surface area contributed by atoms with E-state index < -0.39 is 22.0 Å². The van der Waals surface area contributed by atoms with E-state index in [4.69, 9.17) is 32.7 Å². The largest absolute Gasteiger partial charge is 0.495 e. The van der Waals surface area contributed by atoms with Crippen molar-refractivity contribution in [1.82, 2.24) is 0 Å². The molecule has 0 unspecified atom stereocenters. The highest BCUT2D eigenvalue weighted by atomic mass is 35.5. The van der Waals surface area contributed by atoms with E-state index >= 15 is 0 Å². The molecule has 1 amide bonds. The Bertz CT molecular complexity index is 982. The maximum Gasteiger partial charge on any atom is 0.247 e. The van der Waals surface area contributed by atoms with Crippen molar-refractivity contribution in [2.24, 2.45) is 0 Å². The van der Waals surface area contributed by atoms with Gasteiger partial charge in [0.15, 0.2) is 0 Å². The molecule has 7 nitrogen and oxygen atoms in total. The molecular formula is C18H20Cl2N2O5S. The molecule has 152 valence electrons. The van der Waals surface area contributed by atoms with Crippen LogP contribution in [0.15, 0.2) is 36.4 Å². The Labute approximate surface area is 174 Å². The van der Waals surface area contributed by atoms with E-state index in [2.05, 4.69) is 5.32 Å². The molecule has 10 heteroatoms. The molecule has 2 rings (SSSR count). The molecule has 0 saturated carbocycles. The van der Waals surface area contributed by atoms with Crippen molar-refractivity contribution in [3.05, 3.63) is 46.4 Å². The zero-order valence-corrected chi connectivity index (χ0v) is 18.0. The van der Waals surface area contributed by atoms with Gasteiger partial charge >= 0.3 is 0 Å². The molecule has 1 atom stereocenters. The third-order valence-electron chi connectivity index (χ3n) is 3.90. The molecule has 0 aliphatic heterocycles. The fraction of sp³-hybridized carbons (Fsp3) is 0.278. The molecule has 0 aliphatic carbocycles. The Morgan fingerprint density at radius 3 is 2.04 bits per heavy atom. The number of hydrogen-bond acceptors (Lipinski definition) is 5. The van der Waals surface area contributed by atoms with E-state index in [1.165, 1.54) is 45.4 Å². The normalized spacial score (nSPS) is 12.2. The molecular weight excluding hydrogens is 427 g/mol. The van der Waals surface area contributed by atoms with Crippen molar-refractivity contribution in [1.29, 1.82) is 0 Å². The lowest BCUT2D eigenvalue weighted by Gasteiger charge is -2.28. The lowest BCUT2D eigenvalue weighted by molar-refractivity contribution is -0.116. The fourth-order valence-corrected chi connectivity index (χ4v) is 4.27. The number of methoxy groups -OCH3 is 2. The van der Waals surface area contributed by atoms with E-state index in [9.17, 15) is 13.2 Å². The van der Waals surface area contributed by atoms with Crippen LogP contribution in [0.5, 0.6) is 11.5 Å². The second-order valence-electron chi connectivity index (χ2n) is 5.89. The molecule has 1 N–H and O–H groups in total. The highest BCUT2D eigenvalue weighted by Crippen LogP contribution is 2.32. The number of amides is 1. The minimum Gasteiger partial charge on any atom is -0.495 e. The number of hydrogen-bond donors (Lipinski definition) is 1. The van der Waals surface area contributed by atoms with Crippen LogP contribution < -0.4 is 19.1 Å². The van der Waals surface area contributed by atoms with Crippen molar-refractivity contribution < 1.29 is 22.7 Å². The van der Waals surface area contributed by atoms with Crippen molar-refractivity contribution in [2.75, 3.05) is 30.1 Å². The van der Waals surface area contributed by atoms with Crippen LogP contribution in [0.2, 0.25) is 10.0 Å². The first kappa shape index (κ1) is 22.1. The standard InChI is InChI=1S/C18H20Cl2N2O5S/c1-11(18(23)21-12-5-7-16(26-2)14(19)9-12)22(28(4,24)25)13-6-8-17(27-3)15(20)10-13/h5-11H,1-4H3,(H,21,23)/t11-/m0/s1. The highest BCUT2D eigenvalue weighted by molar-refractivity contribution is 7.92. The Kier molecular flexibility index (Phi) is 7.03. The molecule has 0 spiro atoms. The summed E-state index contributed by atoms with van der Waals surface area (Å²) < 4.78 is 35.9. The molecule has 2 aromatic carbocycles. The molecule has 28 heavy (non-hydrogen) atoms. The zero-order chi connectivity index (χ0) is 21.1. The summed E-state index contributed by atoms with van der Waals surface area (Å²) >= 11 is 12.2. The number of nitrogens with zero attached hydrogens (tertiary/aromatic N) is 1. The van der Waals surface area contributed by atoms with Gasteiger partial charge in [-0.2, -0.15) is 0 Å². The summed E-state index contributed by atoms with van der Waals surface area (Å²) in [5.41, 5.74) is 0.646. The maximum absolute atomic E-state index is 12.7. The first-order valence-corrected chi connectivity index (χ1v) is 10.7. The highest BCUT2D eigenvalue weighted by Gasteiger charge is 2.29. The van der Waals surface area contributed by atoms with Gasteiger partial charge in [-0.05, 0) is 43.3 Å². The molecule has 2 aromatic rings. The Balaban J connectivity index is 2.32. The first-order chi connectivity index (χ1) is 13.1. The van der Waals surface area contributed by atoms with Crippen molar-refractivity contribution in [3.8, 4) is 11.5 Å². The second kappa shape index (κ2) is 8.89. The van der Waals surface area contributed by atoms with Gasteiger partial charge in [0, 0.05) is 5.69 Å². The number of ether oxygens (including phenoxy) is 2. The Hall–Kier alpha value is -2.16. The van der Waals surface area contributed by atoms with Gasteiger partial charge in [-0.3, -0.25) is 9.10 Å². The zero-order valence-electron chi connectivity index (χ0n) is 15.7. The van der Waals surface area contributed by atoms with Gasteiger partial charge in [0.2, 0.25) is 15.9 Å². The summed E-state index contributed by atoms with van der Waals surface area (Å²) in [7, 11) is -0.855. The maximum atomic E-state index is 12.7. The van der Waals surface area contributed by atoms with Gasteiger partial charge in [0.25, 0.3) is 0 Å². The third kappa shape index (κ3) is 5.01. The predicted molar refractivity (Wildman–Crippen MR) is 111 cm³/mol. The SMILES string of the molecule is COc1ccc(NC(=O)[C@H](C)N(c2ccc(OC)c(Cl)c2)S(C)(=O)=O)cc1Cl. The minimum atomic E-state index is -3.78. The molecule has 0 bridgehead atoms. The van der Waals surface area contributed by atoms with Crippen LogP contribution >= 0.6 is 23.2 Å². The van der Waals surface area contributed by atoms with E-state index in [1.54, 1.807) is 12.1 Å². The summed E-state index contributed by atoms with van der Waals surface area (Å²) in [5, 5.41) is 3.19. The monoisotopic (exact) mass is 446 g/mol. The number of carbonyl (C=O) groups excluding carboxylic acids is 1. The summed E-state index contributed by atoms with van der Waals surface area (Å²) in [6, 6.07) is 8.13. The number of anilines is 2. The molecule has 0 aliphatic rings.